The summed E-state index contributed by atoms with van der Waals surface area (Å²) in [5, 5.41) is 4.64. The zero-order valence-electron chi connectivity index (χ0n) is 10.9. The van der Waals surface area contributed by atoms with Crippen molar-refractivity contribution in [1.82, 2.24) is 20.6 Å². The fourth-order valence-electron chi connectivity index (χ4n) is 1.31. The molecular weight excluding hydrogens is 264 g/mol. The van der Waals surface area contributed by atoms with Gasteiger partial charge in [0.15, 0.2) is 12.3 Å². The Kier molecular flexibility index (Phi) is 4.24. The smallest absolute Gasteiger partial charge is 0.359 e. The highest BCUT2D eigenvalue weighted by atomic mass is 16.5. The molecule has 8 nitrogen and oxygen atoms in total. The molecule has 0 bridgehead atoms. The van der Waals surface area contributed by atoms with E-state index in [2.05, 4.69) is 20.6 Å². The third-order valence-corrected chi connectivity index (χ3v) is 2.49. The molecular formula is C12H14N4O4. The summed E-state index contributed by atoms with van der Waals surface area (Å²) in [7, 11) is 0. The first kappa shape index (κ1) is 13.9. The molecule has 0 atom stereocenters. The zero-order valence-corrected chi connectivity index (χ0v) is 10.9. The second kappa shape index (κ2) is 6.09. The van der Waals surface area contributed by atoms with Crippen LogP contribution in [0, 0.1) is 6.92 Å². The summed E-state index contributed by atoms with van der Waals surface area (Å²) in [6.45, 7) is 1.18. The number of hydrogen-bond acceptors (Lipinski definition) is 6. The number of carbonyl (C=O) groups is 3. The molecule has 2 N–H and O–H groups in total. The number of nitrogens with zero attached hydrogens (tertiary/aromatic N) is 2. The predicted molar refractivity (Wildman–Crippen MR) is 66.7 cm³/mol. The van der Waals surface area contributed by atoms with E-state index in [0.717, 1.165) is 12.8 Å². The van der Waals surface area contributed by atoms with Gasteiger partial charge >= 0.3 is 12.0 Å². The molecule has 0 saturated heterocycles. The second-order valence-corrected chi connectivity index (χ2v) is 4.42. The highest BCUT2D eigenvalue weighted by Crippen LogP contribution is 2.18. The molecule has 1 aliphatic carbocycles. The number of carbonyl (C=O) groups excluding carboxylic acids is 3. The Labute approximate surface area is 114 Å². The second-order valence-electron chi connectivity index (χ2n) is 4.42. The van der Waals surface area contributed by atoms with Gasteiger partial charge in [0.2, 0.25) is 0 Å². The summed E-state index contributed by atoms with van der Waals surface area (Å²) in [6, 6.07) is -0.433. The lowest BCUT2D eigenvalue weighted by molar-refractivity contribution is -0.123. The van der Waals surface area contributed by atoms with Crippen LogP contribution >= 0.6 is 0 Å². The molecule has 1 aliphatic rings. The van der Waals surface area contributed by atoms with Gasteiger partial charge in [-0.15, -0.1) is 0 Å². The van der Waals surface area contributed by atoms with Crippen molar-refractivity contribution in [2.24, 2.45) is 0 Å². The standard InChI is InChI=1S/C12H14N4O4/c1-7-4-14-9(5-13-7)11(18)20-6-10(17)16-12(19)15-8-2-3-8/h4-5,8H,2-3,6H2,1H3,(H2,15,16,17,19). The van der Waals surface area contributed by atoms with Gasteiger partial charge in [-0.2, -0.15) is 0 Å². The van der Waals surface area contributed by atoms with Crippen LogP contribution in [0.5, 0.6) is 0 Å². The van der Waals surface area contributed by atoms with E-state index < -0.39 is 24.5 Å². The van der Waals surface area contributed by atoms with E-state index in [4.69, 9.17) is 4.74 Å². The monoisotopic (exact) mass is 278 g/mol. The van der Waals surface area contributed by atoms with Gasteiger partial charge in [0, 0.05) is 12.2 Å². The molecule has 0 unspecified atom stereocenters. The van der Waals surface area contributed by atoms with Gasteiger partial charge in [-0.1, -0.05) is 0 Å². The third kappa shape index (κ3) is 4.30. The lowest BCUT2D eigenvalue weighted by Crippen LogP contribution is -2.42. The molecule has 1 aromatic rings. The number of rotatable bonds is 4. The van der Waals surface area contributed by atoms with E-state index in [9.17, 15) is 14.4 Å². The van der Waals surface area contributed by atoms with Crippen molar-refractivity contribution in [1.29, 1.82) is 0 Å². The SMILES string of the molecule is Cc1cnc(C(=O)OCC(=O)NC(=O)NC2CC2)cn1. The average Bonchev–Trinajstić information content (AvgIpc) is 3.20. The normalized spacial score (nSPS) is 13.4. The van der Waals surface area contributed by atoms with Gasteiger partial charge < -0.3 is 10.1 Å². The van der Waals surface area contributed by atoms with E-state index in [0.29, 0.717) is 5.69 Å². The number of amides is 3. The third-order valence-electron chi connectivity index (χ3n) is 2.49. The van der Waals surface area contributed by atoms with Crippen LogP contribution in [0.3, 0.4) is 0 Å². The highest BCUT2D eigenvalue weighted by molar-refractivity contribution is 5.96. The Hall–Kier alpha value is -2.51. The maximum Gasteiger partial charge on any atom is 0.359 e. The molecule has 20 heavy (non-hydrogen) atoms. The first-order chi connectivity index (χ1) is 9.54. The van der Waals surface area contributed by atoms with E-state index in [-0.39, 0.29) is 11.7 Å². The van der Waals surface area contributed by atoms with Gasteiger partial charge in [0.05, 0.1) is 11.9 Å². The number of urea groups is 1. The minimum atomic E-state index is -0.768. The Morgan fingerprint density at radius 2 is 2.05 bits per heavy atom. The topological polar surface area (TPSA) is 110 Å². The largest absolute Gasteiger partial charge is 0.451 e. The summed E-state index contributed by atoms with van der Waals surface area (Å²) in [4.78, 5) is 41.8. The first-order valence-corrected chi connectivity index (χ1v) is 6.10. The molecule has 1 aromatic heterocycles. The molecule has 0 spiro atoms. The van der Waals surface area contributed by atoms with Crippen LogP contribution in [0.25, 0.3) is 0 Å². The van der Waals surface area contributed by atoms with Crippen molar-refractivity contribution < 1.29 is 19.1 Å². The minimum Gasteiger partial charge on any atom is -0.451 e. The summed E-state index contributed by atoms with van der Waals surface area (Å²) in [5.41, 5.74) is 0.668. The molecule has 2 rings (SSSR count). The van der Waals surface area contributed by atoms with E-state index in [1.54, 1.807) is 6.92 Å². The quantitative estimate of drug-likeness (QED) is 0.746. The first-order valence-electron chi connectivity index (χ1n) is 6.10. The van der Waals surface area contributed by atoms with Crippen LogP contribution in [0.15, 0.2) is 12.4 Å². The molecule has 1 heterocycles. The molecule has 8 heteroatoms. The summed E-state index contributed by atoms with van der Waals surface area (Å²) in [6.07, 6.45) is 4.51. The van der Waals surface area contributed by atoms with E-state index >= 15 is 0 Å². The Morgan fingerprint density at radius 1 is 1.30 bits per heavy atom. The maximum atomic E-state index is 11.5. The number of imide groups is 1. The van der Waals surface area contributed by atoms with Crippen molar-refractivity contribution in [2.45, 2.75) is 25.8 Å². The number of aromatic nitrogens is 2. The molecule has 3 amide bonds. The van der Waals surface area contributed by atoms with Crippen LogP contribution in [0.1, 0.15) is 29.0 Å². The van der Waals surface area contributed by atoms with Crippen LogP contribution in [0.4, 0.5) is 4.79 Å². The Balaban J connectivity index is 1.73. The molecule has 0 aliphatic heterocycles. The molecule has 1 saturated carbocycles. The van der Waals surface area contributed by atoms with Crippen molar-refractivity contribution in [3.63, 3.8) is 0 Å². The lowest BCUT2D eigenvalue weighted by atomic mass is 10.4. The number of aryl methyl sites for hydroxylation is 1. The van der Waals surface area contributed by atoms with Crippen LogP contribution in [-0.4, -0.2) is 40.5 Å². The van der Waals surface area contributed by atoms with E-state index in [1.807, 2.05) is 0 Å². The van der Waals surface area contributed by atoms with Crippen LogP contribution < -0.4 is 10.6 Å². The van der Waals surface area contributed by atoms with Gasteiger partial charge in [-0.25, -0.2) is 14.6 Å². The van der Waals surface area contributed by atoms with Crippen molar-refractivity contribution >= 4 is 17.9 Å². The predicted octanol–water partition coefficient (Wildman–Crippen LogP) is -0.0700. The lowest BCUT2D eigenvalue weighted by Gasteiger charge is -2.06. The fraction of sp³-hybridized carbons (Fsp3) is 0.417. The highest BCUT2D eigenvalue weighted by Gasteiger charge is 2.24. The molecule has 0 aromatic carbocycles. The number of nitrogens with one attached hydrogen (secondary N) is 2. The number of ether oxygens (including phenoxy) is 1. The molecule has 0 radical (unpaired) electrons. The summed E-state index contributed by atoms with van der Waals surface area (Å²) < 4.78 is 4.72. The fourth-order valence-corrected chi connectivity index (χ4v) is 1.31. The Morgan fingerprint density at radius 3 is 2.65 bits per heavy atom. The van der Waals surface area contributed by atoms with Crippen molar-refractivity contribution in [2.75, 3.05) is 6.61 Å². The number of esters is 1. The van der Waals surface area contributed by atoms with Crippen molar-refractivity contribution in [3.05, 3.63) is 23.8 Å². The van der Waals surface area contributed by atoms with Crippen LogP contribution in [-0.2, 0) is 9.53 Å². The molecule has 1 fully saturated rings. The number of hydrogen-bond donors (Lipinski definition) is 2. The van der Waals surface area contributed by atoms with Gasteiger partial charge in [0.1, 0.15) is 0 Å². The average molecular weight is 278 g/mol. The van der Waals surface area contributed by atoms with Crippen LogP contribution in [0.2, 0.25) is 0 Å². The summed E-state index contributed by atoms with van der Waals surface area (Å²) >= 11 is 0. The molecule has 106 valence electrons. The summed E-state index contributed by atoms with van der Waals surface area (Å²) in [5.74, 6) is -1.47. The van der Waals surface area contributed by atoms with Gasteiger partial charge in [-0.05, 0) is 19.8 Å². The minimum absolute atomic E-state index is 0.00540. The van der Waals surface area contributed by atoms with Gasteiger partial charge in [0.25, 0.3) is 5.91 Å². The van der Waals surface area contributed by atoms with Gasteiger partial charge in [-0.3, -0.25) is 15.1 Å². The maximum absolute atomic E-state index is 11.5. The van der Waals surface area contributed by atoms with Crippen molar-refractivity contribution in [3.8, 4) is 0 Å². The van der Waals surface area contributed by atoms with E-state index in [1.165, 1.54) is 12.4 Å². The Bertz CT molecular complexity index is 525. The zero-order chi connectivity index (χ0) is 14.5.